The molecule has 7 nitrogen and oxygen atoms in total. The van der Waals surface area contributed by atoms with E-state index in [2.05, 4.69) is 10.6 Å². The molecule has 0 radical (unpaired) electrons. The number of hydrogen-bond donors (Lipinski definition) is 3. The zero-order valence-corrected chi connectivity index (χ0v) is 12.8. The summed E-state index contributed by atoms with van der Waals surface area (Å²) < 4.78 is 0. The third-order valence-corrected chi connectivity index (χ3v) is 3.26. The molecule has 3 N–H and O–H groups in total. The number of carbonyl (C=O) groups is 3. The fraction of sp³-hybridized carbons (Fsp3) is 0.312. The molecule has 0 unspecified atom stereocenters. The van der Waals surface area contributed by atoms with E-state index in [-0.39, 0.29) is 24.8 Å². The Morgan fingerprint density at radius 1 is 1.17 bits per heavy atom. The molecule has 3 amide bonds. The SMILES string of the molecule is CCCC(=O)Nc1ccc(NC2=CC(=O)N(CCO)C2=O)cc1. The first-order chi connectivity index (χ1) is 11.0. The third-order valence-electron chi connectivity index (χ3n) is 3.26. The molecule has 1 aromatic rings. The Balaban J connectivity index is 1.99. The Labute approximate surface area is 134 Å². The third kappa shape index (κ3) is 4.17. The highest BCUT2D eigenvalue weighted by Gasteiger charge is 2.30. The van der Waals surface area contributed by atoms with Crippen molar-refractivity contribution >= 4 is 29.1 Å². The number of imide groups is 1. The summed E-state index contributed by atoms with van der Waals surface area (Å²) in [6.45, 7) is 1.63. The largest absolute Gasteiger partial charge is 0.395 e. The van der Waals surface area contributed by atoms with Crippen LogP contribution in [-0.2, 0) is 14.4 Å². The Morgan fingerprint density at radius 3 is 2.43 bits per heavy atom. The van der Waals surface area contributed by atoms with Gasteiger partial charge in [0.05, 0.1) is 13.2 Å². The Morgan fingerprint density at radius 2 is 1.83 bits per heavy atom. The fourth-order valence-electron chi connectivity index (χ4n) is 2.15. The molecule has 7 heteroatoms. The van der Waals surface area contributed by atoms with Gasteiger partial charge in [-0.15, -0.1) is 0 Å². The summed E-state index contributed by atoms with van der Waals surface area (Å²) >= 11 is 0. The minimum atomic E-state index is -0.468. The lowest BCUT2D eigenvalue weighted by Crippen LogP contribution is -2.34. The maximum absolute atomic E-state index is 12.0. The average molecular weight is 317 g/mol. The molecule has 23 heavy (non-hydrogen) atoms. The van der Waals surface area contributed by atoms with Crippen LogP contribution < -0.4 is 10.6 Å². The van der Waals surface area contributed by atoms with Crippen LogP contribution in [0, 0.1) is 0 Å². The molecular weight excluding hydrogens is 298 g/mol. The van der Waals surface area contributed by atoms with Gasteiger partial charge in [0.15, 0.2) is 0 Å². The van der Waals surface area contributed by atoms with Gasteiger partial charge in [0, 0.05) is 23.9 Å². The maximum Gasteiger partial charge on any atom is 0.277 e. The molecule has 0 spiro atoms. The van der Waals surface area contributed by atoms with Crippen LogP contribution >= 0.6 is 0 Å². The van der Waals surface area contributed by atoms with E-state index >= 15 is 0 Å². The molecular formula is C16H19N3O4. The van der Waals surface area contributed by atoms with E-state index in [1.165, 1.54) is 6.08 Å². The Kier molecular flexibility index (Phi) is 5.48. The number of anilines is 2. The number of rotatable bonds is 7. The molecule has 0 saturated carbocycles. The highest BCUT2D eigenvalue weighted by Crippen LogP contribution is 2.19. The number of aliphatic hydroxyl groups excluding tert-OH is 1. The number of carbonyl (C=O) groups excluding carboxylic acids is 3. The van der Waals surface area contributed by atoms with Crippen LogP contribution in [0.5, 0.6) is 0 Å². The Bertz CT molecular complexity index is 637. The summed E-state index contributed by atoms with van der Waals surface area (Å²) in [6, 6.07) is 6.83. The van der Waals surface area contributed by atoms with Crippen molar-refractivity contribution in [1.29, 1.82) is 0 Å². The van der Waals surface area contributed by atoms with Crippen molar-refractivity contribution in [2.45, 2.75) is 19.8 Å². The normalized spacial score (nSPS) is 14.0. The first-order valence-corrected chi connectivity index (χ1v) is 7.40. The molecule has 2 rings (SSSR count). The standard InChI is InChI=1S/C16H19N3O4/c1-2-3-14(21)18-12-6-4-11(5-7-12)17-13-10-15(22)19(8-9-20)16(13)23/h4-7,10,17,20H,2-3,8-9H2,1H3,(H,18,21). The van der Waals surface area contributed by atoms with E-state index in [1.54, 1.807) is 24.3 Å². The second kappa shape index (κ2) is 7.55. The highest BCUT2D eigenvalue weighted by atomic mass is 16.3. The summed E-state index contributed by atoms with van der Waals surface area (Å²) in [7, 11) is 0. The molecule has 0 bridgehead atoms. The zero-order valence-electron chi connectivity index (χ0n) is 12.8. The van der Waals surface area contributed by atoms with Gasteiger partial charge in [-0.05, 0) is 30.7 Å². The van der Waals surface area contributed by atoms with Crippen LogP contribution in [0.4, 0.5) is 11.4 Å². The minimum absolute atomic E-state index is 0.0260. The van der Waals surface area contributed by atoms with E-state index in [0.29, 0.717) is 17.8 Å². The maximum atomic E-state index is 12.0. The van der Waals surface area contributed by atoms with Crippen molar-refractivity contribution in [3.8, 4) is 0 Å². The van der Waals surface area contributed by atoms with Crippen molar-refractivity contribution in [3.05, 3.63) is 36.0 Å². The van der Waals surface area contributed by atoms with Crippen LogP contribution in [0.1, 0.15) is 19.8 Å². The molecule has 1 heterocycles. The predicted octanol–water partition coefficient (Wildman–Crippen LogP) is 1.08. The van der Waals surface area contributed by atoms with E-state index in [1.807, 2.05) is 6.92 Å². The number of nitrogens with zero attached hydrogens (tertiary/aromatic N) is 1. The average Bonchev–Trinajstić information content (AvgIpc) is 2.77. The lowest BCUT2D eigenvalue weighted by Gasteiger charge is -2.13. The van der Waals surface area contributed by atoms with Crippen molar-refractivity contribution in [1.82, 2.24) is 4.90 Å². The van der Waals surface area contributed by atoms with Gasteiger partial charge in [-0.3, -0.25) is 19.3 Å². The number of amides is 3. The van der Waals surface area contributed by atoms with Crippen molar-refractivity contribution < 1.29 is 19.5 Å². The van der Waals surface area contributed by atoms with Gasteiger partial charge < -0.3 is 15.7 Å². The van der Waals surface area contributed by atoms with Gasteiger partial charge in [-0.1, -0.05) is 6.92 Å². The fourth-order valence-corrected chi connectivity index (χ4v) is 2.15. The summed E-state index contributed by atoms with van der Waals surface area (Å²) in [5, 5.41) is 14.5. The molecule has 122 valence electrons. The van der Waals surface area contributed by atoms with E-state index in [0.717, 1.165) is 11.3 Å². The first-order valence-electron chi connectivity index (χ1n) is 7.40. The van der Waals surface area contributed by atoms with Crippen LogP contribution in [0.2, 0.25) is 0 Å². The second-order valence-corrected chi connectivity index (χ2v) is 5.08. The van der Waals surface area contributed by atoms with E-state index in [4.69, 9.17) is 5.11 Å². The van der Waals surface area contributed by atoms with Crippen molar-refractivity contribution in [3.63, 3.8) is 0 Å². The number of aliphatic hydroxyl groups is 1. The summed E-state index contributed by atoms with van der Waals surface area (Å²) in [6.07, 6.45) is 2.44. The molecule has 0 aliphatic carbocycles. The summed E-state index contributed by atoms with van der Waals surface area (Å²) in [4.78, 5) is 36.1. The molecule has 1 aliphatic rings. The number of hydrogen-bond acceptors (Lipinski definition) is 5. The van der Waals surface area contributed by atoms with Gasteiger partial charge >= 0.3 is 0 Å². The highest BCUT2D eigenvalue weighted by molar-refractivity contribution is 6.17. The van der Waals surface area contributed by atoms with Crippen LogP contribution in [0.25, 0.3) is 0 Å². The van der Waals surface area contributed by atoms with Gasteiger partial charge in [0.1, 0.15) is 5.70 Å². The predicted molar refractivity (Wildman–Crippen MR) is 85.5 cm³/mol. The van der Waals surface area contributed by atoms with E-state index in [9.17, 15) is 14.4 Å². The summed E-state index contributed by atoms with van der Waals surface area (Å²) in [5.41, 5.74) is 1.45. The van der Waals surface area contributed by atoms with Crippen molar-refractivity contribution in [2.24, 2.45) is 0 Å². The van der Waals surface area contributed by atoms with Gasteiger partial charge in [0.2, 0.25) is 5.91 Å². The second-order valence-electron chi connectivity index (χ2n) is 5.08. The number of benzene rings is 1. The van der Waals surface area contributed by atoms with Crippen LogP contribution in [0.15, 0.2) is 36.0 Å². The van der Waals surface area contributed by atoms with Crippen LogP contribution in [0.3, 0.4) is 0 Å². The Hall–Kier alpha value is -2.67. The first kappa shape index (κ1) is 16.7. The monoisotopic (exact) mass is 317 g/mol. The molecule has 0 atom stereocenters. The zero-order chi connectivity index (χ0) is 16.8. The van der Waals surface area contributed by atoms with Gasteiger partial charge in [-0.25, -0.2) is 0 Å². The van der Waals surface area contributed by atoms with Gasteiger partial charge in [0.25, 0.3) is 11.8 Å². The van der Waals surface area contributed by atoms with Crippen molar-refractivity contribution in [2.75, 3.05) is 23.8 Å². The van der Waals surface area contributed by atoms with Gasteiger partial charge in [-0.2, -0.15) is 0 Å². The number of nitrogens with one attached hydrogen (secondary N) is 2. The lowest BCUT2D eigenvalue weighted by atomic mass is 10.2. The van der Waals surface area contributed by atoms with Crippen LogP contribution in [-0.4, -0.2) is 40.9 Å². The molecule has 0 saturated heterocycles. The van der Waals surface area contributed by atoms with E-state index < -0.39 is 11.8 Å². The summed E-state index contributed by atoms with van der Waals surface area (Å²) in [5.74, 6) is -0.966. The lowest BCUT2D eigenvalue weighted by molar-refractivity contribution is -0.137. The smallest absolute Gasteiger partial charge is 0.277 e. The minimum Gasteiger partial charge on any atom is -0.395 e. The number of β-amino-alcohol motifs (C(OH)–C–C–N with tert-alkyl or cyclic N) is 1. The molecule has 0 aromatic heterocycles. The molecule has 1 aromatic carbocycles. The topological polar surface area (TPSA) is 98.7 Å². The molecule has 1 aliphatic heterocycles. The molecule has 0 fully saturated rings. The quantitative estimate of drug-likeness (QED) is 0.654.